The Balaban J connectivity index is 2.09. The summed E-state index contributed by atoms with van der Waals surface area (Å²) >= 11 is 0. The summed E-state index contributed by atoms with van der Waals surface area (Å²) in [6.45, 7) is 3.22. The standard InChI is InChI=1S/C17H20N2O4/c1-9-11(7-8-19-17(23)14(18)10(2)20)16(22)13-6-4-3-5-12(13)15(9)21/h3-6,10,14,20H,7-8,18H2,1-2H3,(H,19,23). The number of Topliss-reactive ketones (excluding diaryl/α,β-unsaturated/α-hetero) is 2. The Morgan fingerprint density at radius 3 is 2.35 bits per heavy atom. The zero-order valence-electron chi connectivity index (χ0n) is 13.1. The third kappa shape index (κ3) is 3.38. The predicted molar refractivity (Wildman–Crippen MR) is 85.1 cm³/mol. The molecule has 0 saturated heterocycles. The van der Waals surface area contributed by atoms with E-state index < -0.39 is 18.1 Å². The van der Waals surface area contributed by atoms with Gasteiger partial charge in [0, 0.05) is 28.8 Å². The quantitative estimate of drug-likeness (QED) is 0.737. The molecule has 2 unspecified atom stereocenters. The maximum absolute atomic E-state index is 12.5. The van der Waals surface area contributed by atoms with Crippen molar-refractivity contribution in [2.75, 3.05) is 6.54 Å². The predicted octanol–water partition coefficient (Wildman–Crippen LogP) is 0.597. The first-order valence-corrected chi connectivity index (χ1v) is 7.44. The van der Waals surface area contributed by atoms with Gasteiger partial charge >= 0.3 is 0 Å². The molecule has 0 saturated carbocycles. The number of benzene rings is 1. The molecule has 122 valence electrons. The number of rotatable bonds is 5. The van der Waals surface area contributed by atoms with Crippen LogP contribution in [0, 0.1) is 0 Å². The van der Waals surface area contributed by atoms with Crippen LogP contribution in [0.4, 0.5) is 0 Å². The first-order chi connectivity index (χ1) is 10.8. The van der Waals surface area contributed by atoms with Crippen LogP contribution in [0.2, 0.25) is 0 Å². The van der Waals surface area contributed by atoms with Gasteiger partial charge < -0.3 is 16.2 Å². The molecular weight excluding hydrogens is 296 g/mol. The molecule has 1 aliphatic carbocycles. The van der Waals surface area contributed by atoms with Crippen LogP contribution in [-0.2, 0) is 4.79 Å². The fourth-order valence-electron chi connectivity index (χ4n) is 2.50. The van der Waals surface area contributed by atoms with Gasteiger partial charge in [-0.05, 0) is 20.3 Å². The van der Waals surface area contributed by atoms with Crippen LogP contribution in [0.1, 0.15) is 41.0 Å². The normalized spacial score (nSPS) is 16.9. The van der Waals surface area contributed by atoms with E-state index in [-0.39, 0.29) is 24.5 Å². The summed E-state index contributed by atoms with van der Waals surface area (Å²) in [5, 5.41) is 11.8. The van der Waals surface area contributed by atoms with Crippen molar-refractivity contribution in [3.05, 3.63) is 46.5 Å². The lowest BCUT2D eigenvalue weighted by Crippen LogP contribution is -2.47. The minimum Gasteiger partial charge on any atom is -0.391 e. The molecule has 1 aromatic rings. The summed E-state index contributed by atoms with van der Waals surface area (Å²) in [6, 6.07) is 5.68. The molecule has 4 N–H and O–H groups in total. The van der Waals surface area contributed by atoms with Crippen LogP contribution in [0.15, 0.2) is 35.4 Å². The third-order valence-corrected chi connectivity index (χ3v) is 3.98. The molecule has 2 rings (SSSR count). The Bertz CT molecular complexity index is 692. The fourth-order valence-corrected chi connectivity index (χ4v) is 2.50. The highest BCUT2D eigenvalue weighted by Gasteiger charge is 2.29. The second-order valence-electron chi connectivity index (χ2n) is 5.61. The molecule has 6 heteroatoms. The first-order valence-electron chi connectivity index (χ1n) is 7.44. The van der Waals surface area contributed by atoms with Gasteiger partial charge in [-0.15, -0.1) is 0 Å². The van der Waals surface area contributed by atoms with Gasteiger partial charge in [0.2, 0.25) is 5.91 Å². The van der Waals surface area contributed by atoms with E-state index in [9.17, 15) is 19.5 Å². The molecule has 1 aromatic carbocycles. The molecule has 2 atom stereocenters. The van der Waals surface area contributed by atoms with E-state index in [1.165, 1.54) is 6.92 Å². The number of carbonyl (C=O) groups excluding carboxylic acids is 3. The smallest absolute Gasteiger partial charge is 0.239 e. The van der Waals surface area contributed by atoms with Gasteiger partial charge in [-0.2, -0.15) is 0 Å². The summed E-state index contributed by atoms with van der Waals surface area (Å²) in [5.74, 6) is -0.845. The monoisotopic (exact) mass is 316 g/mol. The van der Waals surface area contributed by atoms with Crippen LogP contribution in [0.3, 0.4) is 0 Å². The number of aliphatic hydroxyl groups is 1. The zero-order valence-corrected chi connectivity index (χ0v) is 13.1. The van der Waals surface area contributed by atoms with Gasteiger partial charge in [-0.1, -0.05) is 24.3 Å². The molecule has 1 aliphatic rings. The third-order valence-electron chi connectivity index (χ3n) is 3.98. The SMILES string of the molecule is CC1=C(CCNC(=O)C(N)C(C)O)C(=O)c2ccccc2C1=O. The van der Waals surface area contributed by atoms with E-state index >= 15 is 0 Å². The molecule has 0 bridgehead atoms. The molecule has 6 nitrogen and oxygen atoms in total. The molecule has 23 heavy (non-hydrogen) atoms. The number of nitrogens with one attached hydrogen (secondary N) is 1. The number of hydrogen-bond donors (Lipinski definition) is 3. The molecule has 0 heterocycles. The number of hydrogen-bond acceptors (Lipinski definition) is 5. The fraction of sp³-hybridized carbons (Fsp3) is 0.353. The largest absolute Gasteiger partial charge is 0.391 e. The molecule has 0 aromatic heterocycles. The Labute approximate surface area is 134 Å². The van der Waals surface area contributed by atoms with E-state index in [0.717, 1.165) is 0 Å². The van der Waals surface area contributed by atoms with Gasteiger partial charge in [-0.25, -0.2) is 0 Å². The number of carbonyl (C=O) groups is 3. The van der Waals surface area contributed by atoms with E-state index in [4.69, 9.17) is 5.73 Å². The molecule has 0 aliphatic heterocycles. The molecular formula is C17H20N2O4. The number of allylic oxidation sites excluding steroid dienone is 1. The van der Waals surface area contributed by atoms with Crippen molar-refractivity contribution in [1.82, 2.24) is 5.32 Å². The summed E-state index contributed by atoms with van der Waals surface area (Å²) in [7, 11) is 0. The highest BCUT2D eigenvalue weighted by atomic mass is 16.3. The Kier molecular flexibility index (Phi) is 5.08. The Morgan fingerprint density at radius 1 is 1.22 bits per heavy atom. The Hall–Kier alpha value is -2.31. The summed E-state index contributed by atoms with van der Waals surface area (Å²) in [6.07, 6.45) is -0.719. The maximum Gasteiger partial charge on any atom is 0.239 e. The van der Waals surface area contributed by atoms with Crippen LogP contribution >= 0.6 is 0 Å². The van der Waals surface area contributed by atoms with E-state index in [1.54, 1.807) is 31.2 Å². The van der Waals surface area contributed by atoms with Crippen molar-refractivity contribution in [1.29, 1.82) is 0 Å². The second kappa shape index (κ2) is 6.85. The van der Waals surface area contributed by atoms with Gasteiger partial charge in [0.25, 0.3) is 0 Å². The average molecular weight is 316 g/mol. The number of aliphatic hydroxyl groups excluding tert-OH is 1. The Morgan fingerprint density at radius 2 is 1.78 bits per heavy atom. The van der Waals surface area contributed by atoms with Gasteiger partial charge in [0.15, 0.2) is 11.6 Å². The van der Waals surface area contributed by atoms with Crippen LogP contribution in [0.25, 0.3) is 0 Å². The topological polar surface area (TPSA) is 109 Å². The highest BCUT2D eigenvalue weighted by molar-refractivity contribution is 6.26. The lowest BCUT2D eigenvalue weighted by atomic mass is 9.83. The lowest BCUT2D eigenvalue weighted by Gasteiger charge is -2.20. The van der Waals surface area contributed by atoms with Gasteiger partial charge in [-0.3, -0.25) is 14.4 Å². The number of ketones is 2. The molecule has 0 spiro atoms. The maximum atomic E-state index is 12.5. The summed E-state index contributed by atoms with van der Waals surface area (Å²) in [5.41, 5.74) is 7.14. The van der Waals surface area contributed by atoms with Crippen molar-refractivity contribution >= 4 is 17.5 Å². The van der Waals surface area contributed by atoms with Crippen LogP contribution in [-0.4, -0.2) is 41.3 Å². The van der Waals surface area contributed by atoms with Crippen LogP contribution < -0.4 is 11.1 Å². The first kappa shape index (κ1) is 17.1. The van der Waals surface area contributed by atoms with Crippen molar-refractivity contribution in [2.45, 2.75) is 32.4 Å². The summed E-state index contributed by atoms with van der Waals surface area (Å²) in [4.78, 5) is 36.5. The van der Waals surface area contributed by atoms with Crippen molar-refractivity contribution in [3.63, 3.8) is 0 Å². The number of fused-ring (bicyclic) bond motifs is 1. The highest BCUT2D eigenvalue weighted by Crippen LogP contribution is 2.27. The number of nitrogens with two attached hydrogens (primary N) is 1. The average Bonchev–Trinajstić information content (AvgIpc) is 2.54. The molecule has 1 amide bonds. The lowest BCUT2D eigenvalue weighted by molar-refractivity contribution is -0.124. The molecule has 0 fully saturated rings. The summed E-state index contributed by atoms with van der Waals surface area (Å²) < 4.78 is 0. The van der Waals surface area contributed by atoms with Crippen LogP contribution in [0.5, 0.6) is 0 Å². The minimum atomic E-state index is -1.02. The van der Waals surface area contributed by atoms with E-state index in [1.807, 2.05) is 0 Å². The van der Waals surface area contributed by atoms with Gasteiger partial charge in [0.05, 0.1) is 6.10 Å². The van der Waals surface area contributed by atoms with Crippen molar-refractivity contribution < 1.29 is 19.5 Å². The molecule has 0 radical (unpaired) electrons. The van der Waals surface area contributed by atoms with Gasteiger partial charge in [0.1, 0.15) is 6.04 Å². The van der Waals surface area contributed by atoms with Crippen molar-refractivity contribution in [2.24, 2.45) is 5.73 Å². The second-order valence-corrected chi connectivity index (χ2v) is 5.61. The number of amides is 1. The van der Waals surface area contributed by atoms with Crippen molar-refractivity contribution in [3.8, 4) is 0 Å². The zero-order chi connectivity index (χ0) is 17.1. The minimum absolute atomic E-state index is 0.165. The van der Waals surface area contributed by atoms with E-state index in [0.29, 0.717) is 22.3 Å². The van der Waals surface area contributed by atoms with E-state index in [2.05, 4.69) is 5.32 Å².